The highest BCUT2D eigenvalue weighted by atomic mass is 35.5. The summed E-state index contributed by atoms with van der Waals surface area (Å²) in [5.74, 6) is 1.42. The fourth-order valence-corrected chi connectivity index (χ4v) is 2.98. The summed E-state index contributed by atoms with van der Waals surface area (Å²) in [6.07, 6.45) is 0.966. The van der Waals surface area contributed by atoms with Gasteiger partial charge in [0.2, 0.25) is 5.89 Å². The molecule has 0 bridgehead atoms. The summed E-state index contributed by atoms with van der Waals surface area (Å²) in [7, 11) is 0. The molecule has 0 N–H and O–H groups in total. The Kier molecular flexibility index (Phi) is 3.00. The molecule has 3 aromatic rings. The molecule has 4 rings (SSSR count). The lowest BCUT2D eigenvalue weighted by atomic mass is 9.77. The third-order valence-corrected chi connectivity index (χ3v) is 4.37. The van der Waals surface area contributed by atoms with Crippen LogP contribution in [0.15, 0.2) is 59.1 Å². The first kappa shape index (κ1) is 12.6. The number of nitrogens with zero attached hydrogens (tertiary/aromatic N) is 2. The molecule has 1 aliphatic rings. The highest BCUT2D eigenvalue weighted by molar-refractivity contribution is 6.22. The van der Waals surface area contributed by atoms with E-state index < -0.39 is 5.38 Å². The third kappa shape index (κ3) is 2.14. The molecule has 0 spiro atoms. The number of halogens is 1. The maximum Gasteiger partial charge on any atom is 0.249 e. The van der Waals surface area contributed by atoms with E-state index in [4.69, 9.17) is 16.1 Å². The fraction of sp³-hybridized carbons (Fsp3) is 0.176. The van der Waals surface area contributed by atoms with Crippen LogP contribution in [-0.4, -0.2) is 10.1 Å². The maximum atomic E-state index is 6.41. The molecule has 0 saturated heterocycles. The zero-order valence-corrected chi connectivity index (χ0v) is 12.0. The number of rotatable bonds is 3. The minimum atomic E-state index is -0.400. The normalized spacial score (nSPS) is 17.9. The highest BCUT2D eigenvalue weighted by Gasteiger charge is 2.31. The molecule has 0 aliphatic heterocycles. The molecule has 1 aliphatic carbocycles. The number of fused-ring (bicyclic) bond motifs is 1. The molecular weight excluding hydrogens is 284 g/mol. The van der Waals surface area contributed by atoms with Crippen molar-refractivity contribution in [2.45, 2.75) is 17.7 Å². The Morgan fingerprint density at radius 2 is 1.81 bits per heavy atom. The van der Waals surface area contributed by atoms with Gasteiger partial charge in [-0.2, -0.15) is 4.98 Å². The van der Waals surface area contributed by atoms with Gasteiger partial charge in [0.25, 0.3) is 0 Å². The molecule has 1 heterocycles. The number of alkyl halides is 1. The molecule has 2 aromatic carbocycles. The summed E-state index contributed by atoms with van der Waals surface area (Å²) in [5, 5.41) is 3.71. The van der Waals surface area contributed by atoms with Crippen molar-refractivity contribution >= 4 is 11.6 Å². The number of hydrogen-bond donors (Lipinski definition) is 0. The maximum absolute atomic E-state index is 6.41. The highest BCUT2D eigenvalue weighted by Crippen LogP contribution is 2.39. The molecule has 2 unspecified atom stereocenters. The van der Waals surface area contributed by atoms with Crippen LogP contribution in [-0.2, 0) is 6.42 Å². The van der Waals surface area contributed by atoms with E-state index in [1.54, 1.807) is 0 Å². The zero-order chi connectivity index (χ0) is 14.2. The fourth-order valence-electron chi connectivity index (χ4n) is 2.75. The zero-order valence-electron chi connectivity index (χ0n) is 11.2. The van der Waals surface area contributed by atoms with E-state index in [0.717, 1.165) is 17.8 Å². The smallest absolute Gasteiger partial charge is 0.249 e. The van der Waals surface area contributed by atoms with Gasteiger partial charge in [0.15, 0.2) is 5.82 Å². The topological polar surface area (TPSA) is 38.9 Å². The van der Waals surface area contributed by atoms with Gasteiger partial charge in [-0.25, -0.2) is 0 Å². The lowest BCUT2D eigenvalue weighted by Gasteiger charge is -2.27. The van der Waals surface area contributed by atoms with Crippen molar-refractivity contribution in [3.8, 4) is 0 Å². The second-order valence-corrected chi connectivity index (χ2v) is 5.66. The SMILES string of the molecule is ClC(c1ccccc1)c1nc(C2Cc3ccccc32)no1. The summed E-state index contributed by atoms with van der Waals surface area (Å²) in [5.41, 5.74) is 3.61. The van der Waals surface area contributed by atoms with Gasteiger partial charge in [-0.05, 0) is 23.1 Å². The Balaban J connectivity index is 1.60. The van der Waals surface area contributed by atoms with E-state index in [9.17, 15) is 0 Å². The van der Waals surface area contributed by atoms with Gasteiger partial charge in [-0.3, -0.25) is 0 Å². The van der Waals surface area contributed by atoms with E-state index in [1.165, 1.54) is 11.1 Å². The predicted molar refractivity (Wildman–Crippen MR) is 80.4 cm³/mol. The number of benzene rings is 2. The van der Waals surface area contributed by atoms with Gasteiger partial charge in [0.05, 0.1) is 5.92 Å². The van der Waals surface area contributed by atoms with Crippen LogP contribution >= 0.6 is 11.6 Å². The average Bonchev–Trinajstić information content (AvgIpc) is 2.98. The van der Waals surface area contributed by atoms with Gasteiger partial charge >= 0.3 is 0 Å². The quantitative estimate of drug-likeness (QED) is 0.683. The van der Waals surface area contributed by atoms with Crippen molar-refractivity contribution in [3.05, 3.63) is 83.0 Å². The Bertz CT molecular complexity index is 753. The van der Waals surface area contributed by atoms with Crippen LogP contribution in [0.2, 0.25) is 0 Å². The van der Waals surface area contributed by atoms with E-state index in [-0.39, 0.29) is 5.92 Å². The number of aromatic nitrogens is 2. The summed E-state index contributed by atoms with van der Waals surface area (Å²) < 4.78 is 5.36. The largest absolute Gasteiger partial charge is 0.337 e. The van der Waals surface area contributed by atoms with Gasteiger partial charge in [0, 0.05) is 0 Å². The molecule has 2 atom stereocenters. The lowest BCUT2D eigenvalue weighted by Crippen LogP contribution is -2.19. The summed E-state index contributed by atoms with van der Waals surface area (Å²) >= 11 is 6.41. The molecule has 21 heavy (non-hydrogen) atoms. The standard InChI is InChI=1S/C17H13ClN2O/c18-15(11-6-2-1-3-7-11)17-19-16(20-21-17)14-10-12-8-4-5-9-13(12)14/h1-9,14-15H,10H2. The third-order valence-electron chi connectivity index (χ3n) is 3.93. The molecule has 104 valence electrons. The van der Waals surface area contributed by atoms with Crippen LogP contribution < -0.4 is 0 Å². The Morgan fingerprint density at radius 1 is 1.05 bits per heavy atom. The second kappa shape index (κ2) is 5.01. The van der Waals surface area contributed by atoms with E-state index >= 15 is 0 Å². The van der Waals surface area contributed by atoms with E-state index in [0.29, 0.717) is 5.89 Å². The van der Waals surface area contributed by atoms with Gasteiger partial charge in [-0.1, -0.05) is 59.8 Å². The molecule has 1 aromatic heterocycles. The van der Waals surface area contributed by atoms with Gasteiger partial charge in [0.1, 0.15) is 5.38 Å². The molecule has 0 fully saturated rings. The first-order valence-electron chi connectivity index (χ1n) is 6.93. The first-order valence-corrected chi connectivity index (χ1v) is 7.37. The Labute approximate surface area is 127 Å². The molecule has 0 amide bonds. The molecule has 0 saturated carbocycles. The van der Waals surface area contributed by atoms with Gasteiger partial charge < -0.3 is 4.52 Å². The van der Waals surface area contributed by atoms with Crippen molar-refractivity contribution in [1.29, 1.82) is 0 Å². The molecule has 4 heteroatoms. The van der Waals surface area contributed by atoms with Crippen LogP contribution in [0, 0.1) is 0 Å². The average molecular weight is 297 g/mol. The molecular formula is C17H13ClN2O. The summed E-state index contributed by atoms with van der Waals surface area (Å²) in [4.78, 5) is 4.50. The van der Waals surface area contributed by atoms with Crippen LogP contribution in [0.5, 0.6) is 0 Å². The van der Waals surface area contributed by atoms with Gasteiger partial charge in [-0.15, -0.1) is 11.6 Å². The van der Waals surface area contributed by atoms with Crippen molar-refractivity contribution in [2.24, 2.45) is 0 Å². The van der Waals surface area contributed by atoms with Crippen LogP contribution in [0.4, 0.5) is 0 Å². The summed E-state index contributed by atoms with van der Waals surface area (Å²) in [6.45, 7) is 0. The summed E-state index contributed by atoms with van der Waals surface area (Å²) in [6, 6.07) is 18.1. The van der Waals surface area contributed by atoms with Crippen molar-refractivity contribution in [1.82, 2.24) is 10.1 Å². The van der Waals surface area contributed by atoms with Crippen molar-refractivity contribution in [3.63, 3.8) is 0 Å². The molecule has 0 radical (unpaired) electrons. The first-order chi connectivity index (χ1) is 10.3. The monoisotopic (exact) mass is 296 g/mol. The van der Waals surface area contributed by atoms with Crippen molar-refractivity contribution in [2.75, 3.05) is 0 Å². The Hall–Kier alpha value is -2.13. The Morgan fingerprint density at radius 3 is 2.62 bits per heavy atom. The lowest BCUT2D eigenvalue weighted by molar-refractivity contribution is 0.373. The second-order valence-electron chi connectivity index (χ2n) is 5.22. The number of hydrogen-bond acceptors (Lipinski definition) is 3. The molecule has 3 nitrogen and oxygen atoms in total. The van der Waals surface area contributed by atoms with Crippen LogP contribution in [0.25, 0.3) is 0 Å². The predicted octanol–water partition coefficient (Wildman–Crippen LogP) is 4.09. The van der Waals surface area contributed by atoms with E-state index in [2.05, 4.69) is 28.3 Å². The minimum Gasteiger partial charge on any atom is -0.337 e. The van der Waals surface area contributed by atoms with E-state index in [1.807, 2.05) is 36.4 Å². The van der Waals surface area contributed by atoms with Crippen LogP contribution in [0.3, 0.4) is 0 Å². The minimum absolute atomic E-state index is 0.235. The van der Waals surface area contributed by atoms with Crippen LogP contribution in [0.1, 0.15) is 39.7 Å². The van der Waals surface area contributed by atoms with Crippen molar-refractivity contribution < 1.29 is 4.52 Å².